The Morgan fingerprint density at radius 2 is 2.07 bits per heavy atom. The minimum absolute atomic E-state index is 0.747. The van der Waals surface area contributed by atoms with Crippen molar-refractivity contribution in [2.45, 2.75) is 38.5 Å². The van der Waals surface area contributed by atoms with Crippen molar-refractivity contribution in [2.24, 2.45) is 18.9 Å². The number of fused-ring (bicyclic) bond motifs is 1. The van der Waals surface area contributed by atoms with E-state index in [2.05, 4.69) is 12.0 Å². The van der Waals surface area contributed by atoms with Crippen molar-refractivity contribution in [3.05, 3.63) is 11.3 Å². The average Bonchev–Trinajstić information content (AvgIpc) is 2.59. The summed E-state index contributed by atoms with van der Waals surface area (Å²) < 4.78 is 1.85. The number of aryl methyl sites for hydroxylation is 1. The minimum atomic E-state index is 0.747. The van der Waals surface area contributed by atoms with E-state index < -0.39 is 0 Å². The van der Waals surface area contributed by atoms with Crippen molar-refractivity contribution >= 4 is 5.82 Å². The van der Waals surface area contributed by atoms with Crippen LogP contribution < -0.4 is 5.73 Å². The summed E-state index contributed by atoms with van der Waals surface area (Å²) in [5.74, 6) is 3.49. The molecule has 2 fully saturated rings. The van der Waals surface area contributed by atoms with Crippen LogP contribution in [0.1, 0.15) is 43.4 Å². The third-order valence-corrected chi connectivity index (χ3v) is 4.30. The SMILES string of the molecule is CCc1c(C2C3CCCC32)nn(C)c1N. The zero-order valence-corrected chi connectivity index (χ0v) is 9.53. The molecule has 0 saturated heterocycles. The highest BCUT2D eigenvalue weighted by Crippen LogP contribution is 2.63. The highest BCUT2D eigenvalue weighted by atomic mass is 15.3. The number of anilines is 1. The molecule has 3 rings (SSSR count). The number of nitrogens with two attached hydrogens (primary N) is 1. The molecule has 3 nitrogen and oxygen atoms in total. The summed E-state index contributed by atoms with van der Waals surface area (Å²) >= 11 is 0. The van der Waals surface area contributed by atoms with Crippen LogP contribution in [0.25, 0.3) is 0 Å². The molecule has 0 radical (unpaired) electrons. The molecule has 2 aliphatic rings. The number of rotatable bonds is 2. The molecular weight excluding hydrogens is 186 g/mol. The largest absolute Gasteiger partial charge is 0.384 e. The summed E-state index contributed by atoms with van der Waals surface area (Å²) in [7, 11) is 1.95. The van der Waals surface area contributed by atoms with E-state index in [1.54, 1.807) is 0 Å². The first-order valence-corrected chi connectivity index (χ1v) is 6.05. The van der Waals surface area contributed by atoms with Gasteiger partial charge in [0.1, 0.15) is 5.82 Å². The molecule has 1 aromatic rings. The lowest BCUT2D eigenvalue weighted by Gasteiger charge is -2.02. The van der Waals surface area contributed by atoms with Gasteiger partial charge < -0.3 is 5.73 Å². The van der Waals surface area contributed by atoms with E-state index in [1.807, 2.05) is 11.7 Å². The van der Waals surface area contributed by atoms with Gasteiger partial charge in [-0.1, -0.05) is 13.3 Å². The van der Waals surface area contributed by atoms with Gasteiger partial charge in [0.2, 0.25) is 0 Å². The lowest BCUT2D eigenvalue weighted by Crippen LogP contribution is -1.98. The van der Waals surface area contributed by atoms with Gasteiger partial charge in [0.05, 0.1) is 5.69 Å². The van der Waals surface area contributed by atoms with Gasteiger partial charge in [-0.15, -0.1) is 0 Å². The molecule has 0 amide bonds. The van der Waals surface area contributed by atoms with E-state index in [-0.39, 0.29) is 0 Å². The molecule has 2 unspecified atom stereocenters. The van der Waals surface area contributed by atoms with Gasteiger partial charge in [-0.3, -0.25) is 4.68 Å². The molecule has 2 N–H and O–H groups in total. The Morgan fingerprint density at radius 3 is 2.67 bits per heavy atom. The van der Waals surface area contributed by atoms with E-state index in [4.69, 9.17) is 5.73 Å². The first kappa shape index (κ1) is 9.25. The standard InChI is InChI=1S/C12H19N3/c1-3-7-11(14-15(2)12(7)13)10-8-5-4-6-9(8)10/h8-10H,3-6,13H2,1-2H3. The number of hydrogen-bond acceptors (Lipinski definition) is 2. The van der Waals surface area contributed by atoms with Gasteiger partial charge in [-0.05, 0) is 31.1 Å². The van der Waals surface area contributed by atoms with Crippen LogP contribution in [0.5, 0.6) is 0 Å². The van der Waals surface area contributed by atoms with Gasteiger partial charge in [0.15, 0.2) is 0 Å². The Morgan fingerprint density at radius 1 is 1.40 bits per heavy atom. The van der Waals surface area contributed by atoms with Crippen LogP contribution in [0, 0.1) is 11.8 Å². The van der Waals surface area contributed by atoms with Crippen LogP contribution in [0.3, 0.4) is 0 Å². The Hall–Kier alpha value is -0.990. The van der Waals surface area contributed by atoms with Crippen molar-refractivity contribution in [3.63, 3.8) is 0 Å². The monoisotopic (exact) mass is 205 g/mol. The van der Waals surface area contributed by atoms with Crippen LogP contribution >= 0.6 is 0 Å². The molecule has 2 atom stereocenters. The second-order valence-electron chi connectivity index (χ2n) is 5.01. The van der Waals surface area contributed by atoms with E-state index in [1.165, 1.54) is 30.5 Å². The maximum absolute atomic E-state index is 6.03. The zero-order chi connectivity index (χ0) is 10.6. The summed E-state index contributed by atoms with van der Waals surface area (Å²) in [5, 5.41) is 4.62. The third kappa shape index (κ3) is 1.15. The number of aromatic nitrogens is 2. The smallest absolute Gasteiger partial charge is 0.124 e. The lowest BCUT2D eigenvalue weighted by atomic mass is 10.0. The molecule has 1 heterocycles. The van der Waals surface area contributed by atoms with Gasteiger partial charge in [0.25, 0.3) is 0 Å². The van der Waals surface area contributed by atoms with Gasteiger partial charge in [-0.2, -0.15) is 5.10 Å². The Labute approximate surface area is 90.7 Å². The van der Waals surface area contributed by atoms with Crippen LogP contribution in [-0.2, 0) is 13.5 Å². The molecule has 82 valence electrons. The first-order valence-electron chi connectivity index (χ1n) is 6.05. The molecule has 2 aliphatic carbocycles. The minimum Gasteiger partial charge on any atom is -0.384 e. The molecule has 0 spiro atoms. The maximum Gasteiger partial charge on any atom is 0.124 e. The van der Waals surface area contributed by atoms with Gasteiger partial charge in [-0.25, -0.2) is 0 Å². The summed E-state index contributed by atoms with van der Waals surface area (Å²) in [5.41, 5.74) is 8.65. The predicted octanol–water partition coefficient (Wildman–Crippen LogP) is 2.08. The van der Waals surface area contributed by atoms with Crippen LogP contribution in [-0.4, -0.2) is 9.78 Å². The molecule has 1 aromatic heterocycles. The first-order chi connectivity index (χ1) is 7.24. The van der Waals surface area contributed by atoms with Crippen molar-refractivity contribution in [1.82, 2.24) is 9.78 Å². The van der Waals surface area contributed by atoms with E-state index >= 15 is 0 Å². The van der Waals surface area contributed by atoms with Crippen molar-refractivity contribution in [3.8, 4) is 0 Å². The van der Waals surface area contributed by atoms with Crippen molar-refractivity contribution in [1.29, 1.82) is 0 Å². The fraction of sp³-hybridized carbons (Fsp3) is 0.750. The summed E-state index contributed by atoms with van der Waals surface area (Å²) in [6, 6.07) is 0. The van der Waals surface area contributed by atoms with Gasteiger partial charge >= 0.3 is 0 Å². The second kappa shape index (κ2) is 3.00. The highest BCUT2D eigenvalue weighted by molar-refractivity contribution is 5.47. The van der Waals surface area contributed by atoms with Crippen LogP contribution in [0.2, 0.25) is 0 Å². The van der Waals surface area contributed by atoms with Gasteiger partial charge in [0, 0.05) is 18.5 Å². The Bertz CT molecular complexity index is 384. The zero-order valence-electron chi connectivity index (χ0n) is 9.53. The highest BCUT2D eigenvalue weighted by Gasteiger charge is 2.55. The molecule has 0 bridgehead atoms. The molecule has 2 saturated carbocycles. The number of hydrogen-bond donors (Lipinski definition) is 1. The van der Waals surface area contributed by atoms with Crippen molar-refractivity contribution in [2.75, 3.05) is 5.73 Å². The van der Waals surface area contributed by atoms with E-state index in [0.717, 1.165) is 30.0 Å². The molecule has 0 aliphatic heterocycles. The molecular formula is C12H19N3. The molecule has 15 heavy (non-hydrogen) atoms. The third-order valence-electron chi connectivity index (χ3n) is 4.30. The topological polar surface area (TPSA) is 43.8 Å². The number of nitrogens with zero attached hydrogens (tertiary/aromatic N) is 2. The summed E-state index contributed by atoms with van der Waals surface area (Å²) in [6.45, 7) is 2.18. The quantitative estimate of drug-likeness (QED) is 0.803. The predicted molar refractivity (Wildman–Crippen MR) is 60.6 cm³/mol. The summed E-state index contributed by atoms with van der Waals surface area (Å²) in [6.07, 6.45) is 5.27. The lowest BCUT2D eigenvalue weighted by molar-refractivity contribution is 0.652. The Kier molecular flexibility index (Phi) is 1.85. The fourth-order valence-electron chi connectivity index (χ4n) is 3.46. The molecule has 0 aromatic carbocycles. The van der Waals surface area contributed by atoms with Crippen molar-refractivity contribution < 1.29 is 0 Å². The Balaban J connectivity index is 1.95. The normalized spacial score (nSPS) is 33.1. The maximum atomic E-state index is 6.03. The average molecular weight is 205 g/mol. The summed E-state index contributed by atoms with van der Waals surface area (Å²) in [4.78, 5) is 0. The van der Waals surface area contributed by atoms with Crippen LogP contribution in [0.4, 0.5) is 5.82 Å². The van der Waals surface area contributed by atoms with E-state index in [9.17, 15) is 0 Å². The second-order valence-corrected chi connectivity index (χ2v) is 5.01. The van der Waals surface area contributed by atoms with E-state index in [0.29, 0.717) is 0 Å². The number of nitrogen functional groups attached to an aromatic ring is 1. The molecule has 3 heteroatoms. The fourth-order valence-corrected chi connectivity index (χ4v) is 3.46. The van der Waals surface area contributed by atoms with Crippen LogP contribution in [0.15, 0.2) is 0 Å².